The Hall–Kier alpha value is -1.89. The third-order valence-corrected chi connectivity index (χ3v) is 2.82. The molecule has 0 radical (unpaired) electrons. The smallest absolute Gasteiger partial charge is 0.330 e. The normalized spacial score (nSPS) is 11.5. The number of rotatable bonds is 3. The second-order valence-electron chi connectivity index (χ2n) is 5.29. The van der Waals surface area contributed by atoms with Crippen molar-refractivity contribution in [2.75, 3.05) is 7.05 Å². The highest BCUT2D eigenvalue weighted by Gasteiger charge is 2.26. The molecule has 0 aliphatic carbocycles. The van der Waals surface area contributed by atoms with E-state index in [4.69, 9.17) is 5.73 Å². The molecule has 0 saturated heterocycles. The lowest BCUT2D eigenvalue weighted by Gasteiger charge is -2.25. The van der Waals surface area contributed by atoms with Gasteiger partial charge >= 0.3 is 5.69 Å². The summed E-state index contributed by atoms with van der Waals surface area (Å²) in [6, 6.07) is 0. The average molecular weight is 268 g/mol. The molecule has 0 spiro atoms. The van der Waals surface area contributed by atoms with Crippen LogP contribution in [-0.2, 0) is 25.4 Å². The van der Waals surface area contributed by atoms with Crippen LogP contribution in [0.2, 0.25) is 0 Å². The van der Waals surface area contributed by atoms with Crippen LogP contribution in [0.15, 0.2) is 15.8 Å². The highest BCUT2D eigenvalue weighted by molar-refractivity contribution is 5.84. The molecular weight excluding hydrogens is 248 g/mol. The topological polar surface area (TPSA) is 90.3 Å². The minimum Gasteiger partial charge on any atom is -0.340 e. The molecule has 1 heterocycles. The maximum absolute atomic E-state index is 11.9. The molecule has 0 fully saturated rings. The molecule has 7 heteroatoms. The van der Waals surface area contributed by atoms with Crippen molar-refractivity contribution in [3.8, 4) is 0 Å². The van der Waals surface area contributed by atoms with Gasteiger partial charge in [0.1, 0.15) is 0 Å². The molecule has 0 saturated carbocycles. The number of hydrogen-bond acceptors (Lipinski definition) is 4. The zero-order valence-corrected chi connectivity index (χ0v) is 11.9. The first kappa shape index (κ1) is 15.2. The first-order valence-electron chi connectivity index (χ1n) is 5.85. The van der Waals surface area contributed by atoms with Gasteiger partial charge in [0.2, 0.25) is 5.91 Å². The number of aryl methyl sites for hydroxylation is 1. The number of carbonyl (C=O) groups is 1. The third kappa shape index (κ3) is 3.11. The lowest BCUT2D eigenvalue weighted by Crippen LogP contribution is -2.50. The van der Waals surface area contributed by atoms with Gasteiger partial charge in [0.25, 0.3) is 5.56 Å². The summed E-state index contributed by atoms with van der Waals surface area (Å²) in [6.45, 7) is 3.32. The first-order valence-corrected chi connectivity index (χ1v) is 5.85. The van der Waals surface area contributed by atoms with Crippen molar-refractivity contribution < 1.29 is 4.79 Å². The molecule has 0 aromatic carbocycles. The maximum atomic E-state index is 11.9. The van der Waals surface area contributed by atoms with E-state index in [2.05, 4.69) is 0 Å². The van der Waals surface area contributed by atoms with Crippen LogP contribution in [0, 0.1) is 0 Å². The van der Waals surface area contributed by atoms with Crippen molar-refractivity contribution in [3.63, 3.8) is 0 Å². The molecule has 1 aromatic heterocycles. The molecule has 0 aliphatic heterocycles. The molecule has 106 valence electrons. The molecule has 1 aromatic rings. The van der Waals surface area contributed by atoms with Crippen LogP contribution in [0.4, 0.5) is 0 Å². The summed E-state index contributed by atoms with van der Waals surface area (Å²) in [7, 11) is 4.53. The zero-order chi connectivity index (χ0) is 15.0. The Bertz CT molecular complexity index is 607. The summed E-state index contributed by atoms with van der Waals surface area (Å²) < 4.78 is 2.32. The second-order valence-corrected chi connectivity index (χ2v) is 5.29. The number of amides is 1. The van der Waals surface area contributed by atoms with E-state index < -0.39 is 16.8 Å². The molecule has 19 heavy (non-hydrogen) atoms. The van der Waals surface area contributed by atoms with Crippen LogP contribution in [0.1, 0.15) is 19.4 Å². The maximum Gasteiger partial charge on any atom is 0.330 e. The standard InChI is InChI=1S/C12H20N4O3/c1-12(2,13)10(18)14(3)6-8-7-15(4)11(19)16(5)9(8)17/h7H,6,13H2,1-5H3. The minimum absolute atomic E-state index is 0.111. The number of nitrogens with zero attached hydrogens (tertiary/aromatic N) is 3. The Morgan fingerprint density at radius 3 is 2.37 bits per heavy atom. The lowest BCUT2D eigenvalue weighted by molar-refractivity contribution is -0.135. The van der Waals surface area contributed by atoms with Crippen LogP contribution in [0.3, 0.4) is 0 Å². The van der Waals surface area contributed by atoms with E-state index in [-0.39, 0.29) is 12.5 Å². The van der Waals surface area contributed by atoms with Gasteiger partial charge in [-0.2, -0.15) is 0 Å². The van der Waals surface area contributed by atoms with Crippen molar-refractivity contribution in [2.24, 2.45) is 19.8 Å². The minimum atomic E-state index is -0.999. The lowest BCUT2D eigenvalue weighted by atomic mass is 10.1. The predicted octanol–water partition coefficient (Wildman–Crippen LogP) is -1.22. The Balaban J connectivity index is 3.12. The summed E-state index contributed by atoms with van der Waals surface area (Å²) in [5.74, 6) is -0.275. The molecular formula is C12H20N4O3. The van der Waals surface area contributed by atoms with Crippen LogP contribution >= 0.6 is 0 Å². The quantitative estimate of drug-likeness (QED) is 0.744. The molecule has 2 N–H and O–H groups in total. The van der Waals surface area contributed by atoms with Crippen molar-refractivity contribution in [2.45, 2.75) is 25.9 Å². The van der Waals surface area contributed by atoms with Crippen molar-refractivity contribution in [1.29, 1.82) is 0 Å². The molecule has 1 rings (SSSR count). The van der Waals surface area contributed by atoms with Crippen molar-refractivity contribution >= 4 is 5.91 Å². The van der Waals surface area contributed by atoms with Crippen LogP contribution < -0.4 is 17.0 Å². The fourth-order valence-corrected chi connectivity index (χ4v) is 1.81. The summed E-state index contributed by atoms with van der Waals surface area (Å²) >= 11 is 0. The predicted molar refractivity (Wildman–Crippen MR) is 71.7 cm³/mol. The SMILES string of the molecule is CN(Cc1cn(C)c(=O)n(C)c1=O)C(=O)C(C)(C)N. The molecule has 0 unspecified atom stereocenters. The van der Waals surface area contributed by atoms with Gasteiger partial charge in [-0.3, -0.25) is 14.2 Å². The van der Waals surface area contributed by atoms with Gasteiger partial charge in [-0.15, -0.1) is 0 Å². The zero-order valence-electron chi connectivity index (χ0n) is 11.9. The highest BCUT2D eigenvalue weighted by atomic mass is 16.2. The summed E-state index contributed by atoms with van der Waals surface area (Å²) in [5.41, 5.74) is 4.29. The molecule has 7 nitrogen and oxygen atoms in total. The van der Waals surface area contributed by atoms with E-state index in [0.717, 1.165) is 4.57 Å². The van der Waals surface area contributed by atoms with Gasteiger partial charge in [0.15, 0.2) is 0 Å². The number of hydrogen-bond donors (Lipinski definition) is 1. The number of carbonyl (C=O) groups excluding carboxylic acids is 1. The molecule has 1 amide bonds. The van der Waals surface area contributed by atoms with Gasteiger partial charge in [-0.25, -0.2) is 4.79 Å². The molecule has 0 aliphatic rings. The Kier molecular flexibility index (Phi) is 4.00. The van der Waals surface area contributed by atoms with E-state index in [1.54, 1.807) is 27.9 Å². The van der Waals surface area contributed by atoms with Crippen LogP contribution in [0.5, 0.6) is 0 Å². The summed E-state index contributed by atoms with van der Waals surface area (Å²) in [6.07, 6.45) is 1.44. The molecule has 0 bridgehead atoms. The fourth-order valence-electron chi connectivity index (χ4n) is 1.81. The van der Waals surface area contributed by atoms with E-state index in [1.807, 2.05) is 0 Å². The summed E-state index contributed by atoms with van der Waals surface area (Å²) in [5, 5.41) is 0. The van der Waals surface area contributed by atoms with Gasteiger partial charge in [-0.05, 0) is 13.8 Å². The third-order valence-electron chi connectivity index (χ3n) is 2.82. The average Bonchev–Trinajstić information content (AvgIpc) is 2.31. The van der Waals surface area contributed by atoms with E-state index in [9.17, 15) is 14.4 Å². The second kappa shape index (κ2) is 5.00. The van der Waals surface area contributed by atoms with Crippen molar-refractivity contribution in [3.05, 3.63) is 32.6 Å². The number of nitrogens with two attached hydrogens (primary N) is 1. The Labute approximate surface area is 111 Å². The van der Waals surface area contributed by atoms with Crippen LogP contribution in [0.25, 0.3) is 0 Å². The number of aromatic nitrogens is 2. The summed E-state index contributed by atoms with van der Waals surface area (Å²) in [4.78, 5) is 36.8. The van der Waals surface area contributed by atoms with E-state index >= 15 is 0 Å². The van der Waals surface area contributed by atoms with E-state index in [0.29, 0.717) is 5.56 Å². The molecule has 0 atom stereocenters. The fraction of sp³-hybridized carbons (Fsp3) is 0.583. The van der Waals surface area contributed by atoms with Crippen molar-refractivity contribution in [1.82, 2.24) is 14.0 Å². The monoisotopic (exact) mass is 268 g/mol. The highest BCUT2D eigenvalue weighted by Crippen LogP contribution is 2.05. The Morgan fingerprint density at radius 2 is 1.89 bits per heavy atom. The largest absolute Gasteiger partial charge is 0.340 e. The van der Waals surface area contributed by atoms with Gasteiger partial charge in [0, 0.05) is 27.3 Å². The van der Waals surface area contributed by atoms with Gasteiger partial charge < -0.3 is 15.2 Å². The van der Waals surface area contributed by atoms with Gasteiger partial charge in [-0.1, -0.05) is 0 Å². The van der Waals surface area contributed by atoms with Gasteiger partial charge in [0.05, 0.1) is 17.6 Å². The Morgan fingerprint density at radius 1 is 1.37 bits per heavy atom. The first-order chi connectivity index (χ1) is 8.55. The van der Waals surface area contributed by atoms with E-state index in [1.165, 1.54) is 22.7 Å². The number of likely N-dealkylation sites (N-methyl/N-ethyl adjacent to an activating group) is 1. The van der Waals surface area contributed by atoms with Crippen LogP contribution in [-0.4, -0.2) is 32.5 Å².